The molecule has 0 aliphatic carbocycles. The van der Waals surface area contributed by atoms with E-state index in [2.05, 4.69) is 15.6 Å². The highest BCUT2D eigenvalue weighted by molar-refractivity contribution is 5.97. The van der Waals surface area contributed by atoms with Gasteiger partial charge in [-0.1, -0.05) is 42.0 Å². The number of amides is 1. The molecule has 1 aromatic heterocycles. The number of aryl methyl sites for hydroxylation is 1. The smallest absolute Gasteiger partial charge is 0.340 e. The number of carbonyl (C=O) groups is 2. The van der Waals surface area contributed by atoms with Gasteiger partial charge in [0.25, 0.3) is 5.91 Å². The number of anilines is 2. The number of esters is 1. The molecule has 3 rings (SSSR count). The third-order valence-electron chi connectivity index (χ3n) is 4.24. The number of aromatic nitrogens is 1. The lowest BCUT2D eigenvalue weighted by Gasteiger charge is -2.12. The number of hydrogen-bond donors (Lipinski definition) is 2. The molecular weight excluding hydrogens is 366 g/mol. The lowest BCUT2D eigenvalue weighted by atomic mass is 10.1. The SMILES string of the molecule is CCOC(=O)c1ccccc1Nc1cncc(C(=O)NCc2cccc(C)c2)c1. The number of ether oxygens (including phenoxy) is 1. The zero-order valence-electron chi connectivity index (χ0n) is 16.4. The zero-order chi connectivity index (χ0) is 20.6. The van der Waals surface area contributed by atoms with Crippen molar-refractivity contribution in [3.05, 3.63) is 89.2 Å². The Morgan fingerprint density at radius 3 is 2.66 bits per heavy atom. The maximum absolute atomic E-state index is 12.5. The normalized spacial score (nSPS) is 10.3. The molecule has 0 aliphatic rings. The highest BCUT2D eigenvalue weighted by atomic mass is 16.5. The number of rotatable bonds is 7. The minimum absolute atomic E-state index is 0.221. The maximum atomic E-state index is 12.5. The largest absolute Gasteiger partial charge is 0.462 e. The van der Waals surface area contributed by atoms with Gasteiger partial charge in [0.05, 0.1) is 35.3 Å². The van der Waals surface area contributed by atoms with Gasteiger partial charge < -0.3 is 15.4 Å². The molecule has 0 fully saturated rings. The number of carbonyl (C=O) groups excluding carboxylic acids is 2. The fourth-order valence-corrected chi connectivity index (χ4v) is 2.87. The first-order valence-corrected chi connectivity index (χ1v) is 9.39. The number of para-hydroxylation sites is 1. The van der Waals surface area contributed by atoms with Crippen molar-refractivity contribution in [3.8, 4) is 0 Å². The summed E-state index contributed by atoms with van der Waals surface area (Å²) in [6, 6.07) is 16.7. The molecule has 0 saturated carbocycles. The number of hydrogen-bond acceptors (Lipinski definition) is 5. The van der Waals surface area contributed by atoms with Gasteiger partial charge in [-0.3, -0.25) is 9.78 Å². The number of nitrogens with zero attached hydrogens (tertiary/aromatic N) is 1. The molecule has 0 radical (unpaired) electrons. The Hall–Kier alpha value is -3.67. The summed E-state index contributed by atoms with van der Waals surface area (Å²) in [5.74, 6) is -0.628. The van der Waals surface area contributed by atoms with E-state index in [-0.39, 0.29) is 5.91 Å². The van der Waals surface area contributed by atoms with Crippen molar-refractivity contribution in [2.75, 3.05) is 11.9 Å². The van der Waals surface area contributed by atoms with Gasteiger partial charge in [-0.15, -0.1) is 0 Å². The molecule has 0 spiro atoms. The Labute approximate surface area is 169 Å². The van der Waals surface area contributed by atoms with Crippen LogP contribution in [0.1, 0.15) is 38.8 Å². The Kier molecular flexibility index (Phi) is 6.58. The van der Waals surface area contributed by atoms with E-state index < -0.39 is 5.97 Å². The molecule has 0 saturated heterocycles. The first kappa shape index (κ1) is 20.1. The van der Waals surface area contributed by atoms with Gasteiger partial charge in [-0.2, -0.15) is 0 Å². The molecule has 0 bridgehead atoms. The first-order chi connectivity index (χ1) is 14.1. The number of nitrogens with one attached hydrogen (secondary N) is 2. The summed E-state index contributed by atoms with van der Waals surface area (Å²) in [6.45, 7) is 4.50. The molecular formula is C23H23N3O3. The van der Waals surface area contributed by atoms with Crippen molar-refractivity contribution in [2.24, 2.45) is 0 Å². The van der Waals surface area contributed by atoms with Crippen LogP contribution >= 0.6 is 0 Å². The van der Waals surface area contributed by atoms with E-state index in [9.17, 15) is 9.59 Å². The quantitative estimate of drug-likeness (QED) is 0.591. The summed E-state index contributed by atoms with van der Waals surface area (Å²) in [7, 11) is 0. The summed E-state index contributed by atoms with van der Waals surface area (Å²) < 4.78 is 5.09. The second kappa shape index (κ2) is 9.50. The predicted molar refractivity (Wildman–Crippen MR) is 112 cm³/mol. The third-order valence-corrected chi connectivity index (χ3v) is 4.24. The molecule has 6 nitrogen and oxygen atoms in total. The van der Waals surface area contributed by atoms with E-state index in [4.69, 9.17) is 4.74 Å². The van der Waals surface area contributed by atoms with Gasteiger partial charge in [0.1, 0.15) is 0 Å². The van der Waals surface area contributed by atoms with Crippen molar-refractivity contribution >= 4 is 23.3 Å². The van der Waals surface area contributed by atoms with Crippen molar-refractivity contribution in [1.82, 2.24) is 10.3 Å². The summed E-state index contributed by atoms with van der Waals surface area (Å²) in [5.41, 5.74) is 4.21. The van der Waals surface area contributed by atoms with Gasteiger partial charge in [0.2, 0.25) is 0 Å². The molecule has 0 aliphatic heterocycles. The summed E-state index contributed by atoms with van der Waals surface area (Å²) in [4.78, 5) is 28.8. The standard InChI is InChI=1S/C23H23N3O3/c1-3-29-23(28)20-9-4-5-10-21(20)26-19-12-18(14-24-15-19)22(27)25-13-17-8-6-7-16(2)11-17/h4-12,14-15,26H,3,13H2,1-2H3,(H,25,27). The second-order valence-corrected chi connectivity index (χ2v) is 6.53. The van der Waals surface area contributed by atoms with E-state index in [1.807, 2.05) is 37.3 Å². The van der Waals surface area contributed by atoms with Crippen LogP contribution in [-0.2, 0) is 11.3 Å². The Balaban J connectivity index is 1.71. The summed E-state index contributed by atoms with van der Waals surface area (Å²) in [5, 5.41) is 6.04. The van der Waals surface area contributed by atoms with Crippen LogP contribution in [0.3, 0.4) is 0 Å². The maximum Gasteiger partial charge on any atom is 0.340 e. The van der Waals surface area contributed by atoms with Gasteiger partial charge in [-0.05, 0) is 37.6 Å². The third kappa shape index (κ3) is 5.42. The number of pyridine rings is 1. The van der Waals surface area contributed by atoms with Crippen LogP contribution in [0.5, 0.6) is 0 Å². The van der Waals surface area contributed by atoms with Gasteiger partial charge >= 0.3 is 5.97 Å². The van der Waals surface area contributed by atoms with Crippen molar-refractivity contribution in [2.45, 2.75) is 20.4 Å². The lowest BCUT2D eigenvalue weighted by Crippen LogP contribution is -2.23. The van der Waals surface area contributed by atoms with E-state index in [1.165, 1.54) is 6.20 Å². The Bertz CT molecular complexity index is 1020. The minimum Gasteiger partial charge on any atom is -0.462 e. The van der Waals surface area contributed by atoms with E-state index in [0.717, 1.165) is 11.1 Å². The van der Waals surface area contributed by atoms with Gasteiger partial charge in [0, 0.05) is 12.7 Å². The topological polar surface area (TPSA) is 80.3 Å². The fourth-order valence-electron chi connectivity index (χ4n) is 2.87. The van der Waals surface area contributed by atoms with E-state index in [0.29, 0.717) is 35.7 Å². The van der Waals surface area contributed by atoms with Gasteiger partial charge in [-0.25, -0.2) is 4.79 Å². The van der Waals surface area contributed by atoms with Crippen molar-refractivity contribution in [1.29, 1.82) is 0 Å². The fraction of sp³-hybridized carbons (Fsp3) is 0.174. The molecule has 0 atom stereocenters. The Morgan fingerprint density at radius 1 is 1.03 bits per heavy atom. The molecule has 3 aromatic rings. The monoisotopic (exact) mass is 389 g/mol. The molecule has 0 unspecified atom stereocenters. The van der Waals surface area contributed by atoms with Crippen LogP contribution in [0.25, 0.3) is 0 Å². The van der Waals surface area contributed by atoms with Crippen LogP contribution in [0, 0.1) is 6.92 Å². The highest BCUT2D eigenvalue weighted by Gasteiger charge is 2.13. The van der Waals surface area contributed by atoms with Crippen LogP contribution in [0.15, 0.2) is 67.0 Å². The first-order valence-electron chi connectivity index (χ1n) is 9.39. The molecule has 1 heterocycles. The minimum atomic E-state index is -0.407. The summed E-state index contributed by atoms with van der Waals surface area (Å²) in [6.07, 6.45) is 3.10. The van der Waals surface area contributed by atoms with Crippen LogP contribution in [0.2, 0.25) is 0 Å². The Morgan fingerprint density at radius 2 is 1.86 bits per heavy atom. The molecule has 148 valence electrons. The number of benzene rings is 2. The van der Waals surface area contributed by atoms with Gasteiger partial charge in [0.15, 0.2) is 0 Å². The second-order valence-electron chi connectivity index (χ2n) is 6.53. The molecule has 6 heteroatoms. The van der Waals surface area contributed by atoms with E-state index in [1.54, 1.807) is 37.4 Å². The molecule has 2 N–H and O–H groups in total. The van der Waals surface area contributed by atoms with Crippen molar-refractivity contribution in [3.63, 3.8) is 0 Å². The van der Waals surface area contributed by atoms with Crippen LogP contribution in [0.4, 0.5) is 11.4 Å². The molecule has 1 amide bonds. The molecule has 29 heavy (non-hydrogen) atoms. The highest BCUT2D eigenvalue weighted by Crippen LogP contribution is 2.22. The summed E-state index contributed by atoms with van der Waals surface area (Å²) >= 11 is 0. The zero-order valence-corrected chi connectivity index (χ0v) is 16.4. The van der Waals surface area contributed by atoms with E-state index >= 15 is 0 Å². The van der Waals surface area contributed by atoms with Crippen LogP contribution in [-0.4, -0.2) is 23.5 Å². The average molecular weight is 389 g/mol. The molecule has 2 aromatic carbocycles. The lowest BCUT2D eigenvalue weighted by molar-refractivity contribution is 0.0527. The van der Waals surface area contributed by atoms with Crippen molar-refractivity contribution < 1.29 is 14.3 Å². The predicted octanol–water partition coefficient (Wildman–Crippen LogP) is 4.24. The average Bonchev–Trinajstić information content (AvgIpc) is 2.73. The van der Waals surface area contributed by atoms with Crippen LogP contribution < -0.4 is 10.6 Å².